The number of sulfonamides is 1. The third kappa shape index (κ3) is 4.84. The van der Waals surface area contributed by atoms with Gasteiger partial charge in [0.1, 0.15) is 12.4 Å². The minimum atomic E-state index is -3.77. The predicted molar refractivity (Wildman–Crippen MR) is 114 cm³/mol. The van der Waals surface area contributed by atoms with E-state index < -0.39 is 10.0 Å². The van der Waals surface area contributed by atoms with Gasteiger partial charge in [0.2, 0.25) is 0 Å². The Morgan fingerprint density at radius 1 is 0.897 bits per heavy atom. The Morgan fingerprint density at radius 3 is 2.17 bits per heavy atom. The van der Waals surface area contributed by atoms with Crippen LogP contribution in [0.2, 0.25) is 0 Å². The number of nitrogens with zero attached hydrogens (tertiary/aromatic N) is 1. The zero-order chi connectivity index (χ0) is 20.9. The van der Waals surface area contributed by atoms with Gasteiger partial charge in [0.15, 0.2) is 5.78 Å². The van der Waals surface area contributed by atoms with Crippen molar-refractivity contribution in [2.24, 2.45) is 0 Å². The number of benzene rings is 3. The number of anilines is 1. The highest BCUT2D eigenvalue weighted by atomic mass is 32.2. The zero-order valence-corrected chi connectivity index (χ0v) is 17.2. The molecule has 29 heavy (non-hydrogen) atoms. The normalized spacial score (nSPS) is 11.1. The standard InChI is InChI=1S/C23H23NO4S/c1-18-12-14-21(15-13-18)29(26,27)24(20-8-4-3-5-9-20)16-17-28-23-11-7-6-10-22(23)19(2)25/h3-15H,16-17H2,1-2H3. The number of carbonyl (C=O) groups excluding carboxylic acids is 1. The minimum Gasteiger partial charge on any atom is -0.491 e. The van der Waals surface area contributed by atoms with Crippen LogP contribution in [0.3, 0.4) is 0 Å². The first-order valence-electron chi connectivity index (χ1n) is 9.27. The summed E-state index contributed by atoms with van der Waals surface area (Å²) in [6.07, 6.45) is 0. The highest BCUT2D eigenvalue weighted by molar-refractivity contribution is 7.92. The van der Waals surface area contributed by atoms with Crippen molar-refractivity contribution in [3.05, 3.63) is 90.0 Å². The van der Waals surface area contributed by atoms with Crippen LogP contribution in [0.15, 0.2) is 83.8 Å². The first-order chi connectivity index (χ1) is 13.9. The molecular formula is C23H23NO4S. The van der Waals surface area contributed by atoms with Crippen molar-refractivity contribution in [2.75, 3.05) is 17.5 Å². The van der Waals surface area contributed by atoms with Crippen molar-refractivity contribution in [1.82, 2.24) is 0 Å². The summed E-state index contributed by atoms with van der Waals surface area (Å²) in [5.41, 5.74) is 2.01. The molecule has 5 nitrogen and oxygen atoms in total. The maximum atomic E-state index is 13.3. The Labute approximate surface area is 171 Å². The molecule has 0 aliphatic heterocycles. The quantitative estimate of drug-likeness (QED) is 0.515. The van der Waals surface area contributed by atoms with Crippen LogP contribution < -0.4 is 9.04 Å². The van der Waals surface area contributed by atoms with Gasteiger partial charge in [-0.05, 0) is 50.2 Å². The monoisotopic (exact) mass is 409 g/mol. The first kappa shape index (κ1) is 20.6. The number of hydrogen-bond donors (Lipinski definition) is 0. The van der Waals surface area contributed by atoms with Crippen LogP contribution in [-0.2, 0) is 10.0 Å². The highest BCUT2D eigenvalue weighted by Crippen LogP contribution is 2.24. The van der Waals surface area contributed by atoms with E-state index >= 15 is 0 Å². The van der Waals surface area contributed by atoms with Gasteiger partial charge in [0, 0.05) is 0 Å². The van der Waals surface area contributed by atoms with Crippen molar-refractivity contribution in [2.45, 2.75) is 18.7 Å². The SMILES string of the molecule is CC(=O)c1ccccc1OCCN(c1ccccc1)S(=O)(=O)c1ccc(C)cc1. The van der Waals surface area contributed by atoms with E-state index in [9.17, 15) is 13.2 Å². The molecule has 0 saturated heterocycles. The maximum Gasteiger partial charge on any atom is 0.264 e. The predicted octanol–water partition coefficient (Wildman–Crippen LogP) is 4.47. The second-order valence-electron chi connectivity index (χ2n) is 6.63. The third-order valence-electron chi connectivity index (χ3n) is 4.47. The van der Waals surface area contributed by atoms with E-state index in [0.717, 1.165) is 5.56 Å². The van der Waals surface area contributed by atoms with E-state index in [-0.39, 0.29) is 23.8 Å². The van der Waals surface area contributed by atoms with Gasteiger partial charge in [-0.3, -0.25) is 9.10 Å². The maximum absolute atomic E-state index is 13.3. The molecular weight excluding hydrogens is 386 g/mol. The van der Waals surface area contributed by atoms with Gasteiger partial charge in [-0.1, -0.05) is 48.0 Å². The summed E-state index contributed by atoms with van der Waals surface area (Å²) in [6, 6.07) is 22.6. The molecule has 0 atom stereocenters. The first-order valence-corrected chi connectivity index (χ1v) is 10.7. The number of Topliss-reactive ketones (excluding diaryl/α,β-unsaturated/α-hetero) is 1. The number of rotatable bonds is 8. The van der Waals surface area contributed by atoms with Gasteiger partial charge in [0.05, 0.1) is 22.7 Å². The van der Waals surface area contributed by atoms with E-state index in [2.05, 4.69) is 0 Å². The van der Waals surface area contributed by atoms with E-state index in [1.54, 1.807) is 72.8 Å². The topological polar surface area (TPSA) is 63.7 Å². The van der Waals surface area contributed by atoms with Crippen molar-refractivity contribution in [1.29, 1.82) is 0 Å². The number of aryl methyl sites for hydroxylation is 1. The number of hydrogen-bond acceptors (Lipinski definition) is 4. The van der Waals surface area contributed by atoms with Crippen molar-refractivity contribution < 1.29 is 17.9 Å². The van der Waals surface area contributed by atoms with E-state index in [1.165, 1.54) is 11.2 Å². The Bertz CT molecular complexity index is 1080. The highest BCUT2D eigenvalue weighted by Gasteiger charge is 2.25. The van der Waals surface area contributed by atoms with Crippen LogP contribution in [0.1, 0.15) is 22.8 Å². The molecule has 0 radical (unpaired) electrons. The van der Waals surface area contributed by atoms with E-state index in [0.29, 0.717) is 17.0 Å². The molecule has 0 unspecified atom stereocenters. The third-order valence-corrected chi connectivity index (χ3v) is 6.31. The molecule has 0 aromatic heterocycles. The minimum absolute atomic E-state index is 0.101. The van der Waals surface area contributed by atoms with Gasteiger partial charge in [0.25, 0.3) is 10.0 Å². The number of para-hydroxylation sites is 2. The summed E-state index contributed by atoms with van der Waals surface area (Å²) in [5, 5.41) is 0. The van der Waals surface area contributed by atoms with Crippen LogP contribution in [0.25, 0.3) is 0 Å². The van der Waals surface area contributed by atoms with Gasteiger partial charge >= 0.3 is 0 Å². The summed E-state index contributed by atoms with van der Waals surface area (Å²) in [5.74, 6) is 0.341. The Kier molecular flexibility index (Phi) is 6.34. The molecule has 0 aliphatic rings. The fourth-order valence-electron chi connectivity index (χ4n) is 2.94. The van der Waals surface area contributed by atoms with Crippen LogP contribution in [-0.4, -0.2) is 27.4 Å². The van der Waals surface area contributed by atoms with Crippen LogP contribution >= 0.6 is 0 Å². The summed E-state index contributed by atoms with van der Waals surface area (Å²) in [4.78, 5) is 12.0. The Balaban J connectivity index is 1.86. The van der Waals surface area contributed by atoms with Crippen LogP contribution in [0.5, 0.6) is 5.75 Å². The molecule has 3 aromatic rings. The number of ether oxygens (including phenoxy) is 1. The van der Waals surface area contributed by atoms with Gasteiger partial charge in [-0.2, -0.15) is 0 Å². The summed E-state index contributed by atoms with van der Waals surface area (Å²) >= 11 is 0. The number of carbonyl (C=O) groups is 1. The largest absolute Gasteiger partial charge is 0.491 e. The van der Waals surface area contributed by atoms with Crippen molar-refractivity contribution >= 4 is 21.5 Å². The molecule has 0 fully saturated rings. The lowest BCUT2D eigenvalue weighted by molar-refractivity contribution is 0.101. The Morgan fingerprint density at radius 2 is 1.52 bits per heavy atom. The molecule has 6 heteroatoms. The average molecular weight is 410 g/mol. The van der Waals surface area contributed by atoms with Crippen LogP contribution in [0, 0.1) is 6.92 Å². The molecule has 0 saturated carbocycles. The molecule has 3 aromatic carbocycles. The molecule has 0 spiro atoms. The fourth-order valence-corrected chi connectivity index (χ4v) is 4.39. The zero-order valence-electron chi connectivity index (χ0n) is 16.4. The molecule has 3 rings (SSSR count). The second-order valence-corrected chi connectivity index (χ2v) is 8.49. The van der Waals surface area contributed by atoms with Crippen molar-refractivity contribution in [3.8, 4) is 5.75 Å². The molecule has 0 bridgehead atoms. The molecule has 0 heterocycles. The van der Waals surface area contributed by atoms with Crippen molar-refractivity contribution in [3.63, 3.8) is 0 Å². The summed E-state index contributed by atoms with van der Waals surface area (Å²) in [6.45, 7) is 3.59. The molecule has 0 amide bonds. The summed E-state index contributed by atoms with van der Waals surface area (Å²) in [7, 11) is -3.77. The lowest BCUT2D eigenvalue weighted by Crippen LogP contribution is -2.34. The lowest BCUT2D eigenvalue weighted by Gasteiger charge is -2.25. The van der Waals surface area contributed by atoms with Crippen LogP contribution in [0.4, 0.5) is 5.69 Å². The summed E-state index contributed by atoms with van der Waals surface area (Å²) < 4.78 is 33.7. The molecule has 0 N–H and O–H groups in total. The smallest absolute Gasteiger partial charge is 0.264 e. The average Bonchev–Trinajstić information content (AvgIpc) is 2.72. The molecule has 150 valence electrons. The van der Waals surface area contributed by atoms with E-state index in [1.807, 2.05) is 13.0 Å². The second kappa shape index (κ2) is 8.92. The van der Waals surface area contributed by atoms with Gasteiger partial charge < -0.3 is 4.74 Å². The van der Waals surface area contributed by atoms with Gasteiger partial charge in [-0.15, -0.1) is 0 Å². The Hall–Kier alpha value is -3.12. The lowest BCUT2D eigenvalue weighted by atomic mass is 10.1. The fraction of sp³-hybridized carbons (Fsp3) is 0.174. The van der Waals surface area contributed by atoms with E-state index in [4.69, 9.17) is 4.74 Å². The molecule has 0 aliphatic carbocycles. The van der Waals surface area contributed by atoms with Gasteiger partial charge in [-0.25, -0.2) is 8.42 Å². The number of ketones is 1.